The lowest BCUT2D eigenvalue weighted by Crippen LogP contribution is -2.18. The molecule has 0 aliphatic carbocycles. The van der Waals surface area contributed by atoms with E-state index in [9.17, 15) is 18.0 Å². The van der Waals surface area contributed by atoms with E-state index in [4.69, 9.17) is 16.0 Å². The number of amides is 1. The second-order valence-corrected chi connectivity index (χ2v) is 10.6. The van der Waals surface area contributed by atoms with E-state index in [1.165, 1.54) is 36.4 Å². The summed E-state index contributed by atoms with van der Waals surface area (Å²) in [5, 5.41) is 5.67. The van der Waals surface area contributed by atoms with Crippen LogP contribution in [0.25, 0.3) is 22.2 Å². The van der Waals surface area contributed by atoms with Gasteiger partial charge in [0, 0.05) is 15.8 Å². The highest BCUT2D eigenvalue weighted by Crippen LogP contribution is 2.27. The number of carbonyl (C=O) groups is 1. The van der Waals surface area contributed by atoms with Crippen LogP contribution < -0.4 is 15.7 Å². The Labute approximate surface area is 214 Å². The first kappa shape index (κ1) is 23.7. The lowest BCUT2D eigenvalue weighted by Gasteiger charge is -2.12. The predicted molar refractivity (Wildman–Crippen MR) is 140 cm³/mol. The summed E-state index contributed by atoms with van der Waals surface area (Å²) in [4.78, 5) is 29.8. The topological polar surface area (TPSA) is 118 Å². The Morgan fingerprint density at radius 1 is 0.972 bits per heavy atom. The largest absolute Gasteiger partial charge is 0.422 e. The van der Waals surface area contributed by atoms with Gasteiger partial charge in [0.05, 0.1) is 27.4 Å². The van der Waals surface area contributed by atoms with Crippen LogP contribution in [0.4, 0.5) is 10.8 Å². The van der Waals surface area contributed by atoms with Gasteiger partial charge < -0.3 is 4.42 Å². The molecule has 5 rings (SSSR count). The summed E-state index contributed by atoms with van der Waals surface area (Å²) in [5.74, 6) is -0.573. The Hall–Kier alpha value is -3.99. The van der Waals surface area contributed by atoms with Crippen molar-refractivity contribution in [2.24, 2.45) is 0 Å². The van der Waals surface area contributed by atoms with E-state index in [1.54, 1.807) is 35.7 Å². The molecule has 0 bridgehead atoms. The van der Waals surface area contributed by atoms with Gasteiger partial charge in [0.1, 0.15) is 5.58 Å². The van der Waals surface area contributed by atoms with Crippen LogP contribution >= 0.6 is 22.9 Å². The molecular weight excluding hydrogens is 522 g/mol. The van der Waals surface area contributed by atoms with Crippen LogP contribution in [0.5, 0.6) is 0 Å². The Morgan fingerprint density at radius 3 is 2.50 bits per heavy atom. The standard InChI is InChI=1S/C25H16ClN3O5S2/c26-16-9-11-17(12-10-16)36(32,33)29-20-7-3-2-6-18(20)23(30)28-25-27-21(14-35-25)19-13-15-5-1-4-8-22(15)34-24(19)31/h1-14,29H,(H,27,28,30). The fourth-order valence-electron chi connectivity index (χ4n) is 3.45. The second-order valence-electron chi connectivity index (χ2n) is 7.58. The van der Waals surface area contributed by atoms with Gasteiger partial charge in [-0.25, -0.2) is 18.2 Å². The molecule has 0 aliphatic heterocycles. The zero-order valence-corrected chi connectivity index (χ0v) is 20.7. The molecule has 8 nitrogen and oxygen atoms in total. The van der Waals surface area contributed by atoms with E-state index in [2.05, 4.69) is 15.0 Å². The third kappa shape index (κ3) is 4.87. The predicted octanol–water partition coefficient (Wildman–Crippen LogP) is 5.62. The van der Waals surface area contributed by atoms with Crippen molar-refractivity contribution < 1.29 is 17.6 Å². The lowest BCUT2D eigenvalue weighted by atomic mass is 10.1. The molecular formula is C25H16ClN3O5S2. The summed E-state index contributed by atoms with van der Waals surface area (Å²) in [6.45, 7) is 0. The number of aromatic nitrogens is 1. The molecule has 0 unspecified atom stereocenters. The summed E-state index contributed by atoms with van der Waals surface area (Å²) >= 11 is 6.97. The number of rotatable bonds is 6. The van der Waals surface area contributed by atoms with Crippen molar-refractivity contribution in [1.82, 2.24) is 4.98 Å². The van der Waals surface area contributed by atoms with E-state index in [1.807, 2.05) is 12.1 Å². The molecule has 0 atom stereocenters. The fourth-order valence-corrected chi connectivity index (χ4v) is 5.36. The van der Waals surface area contributed by atoms with Crippen molar-refractivity contribution in [3.8, 4) is 11.3 Å². The number of sulfonamides is 1. The second kappa shape index (κ2) is 9.57. The molecule has 0 saturated heterocycles. The van der Waals surface area contributed by atoms with Gasteiger partial charge in [-0.1, -0.05) is 41.9 Å². The Balaban J connectivity index is 1.39. The minimum atomic E-state index is -3.96. The van der Waals surface area contributed by atoms with Crippen LogP contribution in [0.1, 0.15) is 10.4 Å². The lowest BCUT2D eigenvalue weighted by molar-refractivity contribution is 0.102. The monoisotopic (exact) mass is 537 g/mol. The SMILES string of the molecule is O=C(Nc1nc(-c2cc3ccccc3oc2=O)cs1)c1ccccc1NS(=O)(=O)c1ccc(Cl)cc1. The minimum absolute atomic E-state index is 0.000827. The molecule has 11 heteroatoms. The van der Waals surface area contributed by atoms with Crippen LogP contribution in [-0.4, -0.2) is 19.3 Å². The number of fused-ring (bicyclic) bond motifs is 1. The highest BCUT2D eigenvalue weighted by molar-refractivity contribution is 7.92. The van der Waals surface area contributed by atoms with Crippen LogP contribution in [0, 0.1) is 0 Å². The molecule has 180 valence electrons. The molecule has 1 amide bonds. The summed E-state index contributed by atoms with van der Waals surface area (Å²) < 4.78 is 33.4. The maximum absolute atomic E-state index is 13.0. The number of hydrogen-bond donors (Lipinski definition) is 2. The number of halogens is 1. The van der Waals surface area contributed by atoms with Gasteiger partial charge in [-0.3, -0.25) is 14.8 Å². The van der Waals surface area contributed by atoms with E-state index >= 15 is 0 Å². The molecule has 2 heterocycles. The third-order valence-corrected chi connectivity index (χ3v) is 7.57. The summed E-state index contributed by atoms with van der Waals surface area (Å²) in [7, 11) is -3.96. The van der Waals surface area contributed by atoms with Gasteiger partial charge in [0.25, 0.3) is 15.9 Å². The van der Waals surface area contributed by atoms with Crippen molar-refractivity contribution in [1.29, 1.82) is 0 Å². The van der Waals surface area contributed by atoms with Gasteiger partial charge in [-0.05, 0) is 48.5 Å². The number of hydrogen-bond acceptors (Lipinski definition) is 7. The quantitative estimate of drug-likeness (QED) is 0.271. The number of para-hydroxylation sites is 2. The van der Waals surface area contributed by atoms with Crippen molar-refractivity contribution in [3.63, 3.8) is 0 Å². The molecule has 0 radical (unpaired) electrons. The number of benzene rings is 3. The Morgan fingerprint density at radius 2 is 1.69 bits per heavy atom. The van der Waals surface area contributed by atoms with E-state index in [0.717, 1.165) is 16.7 Å². The average Bonchev–Trinajstić information content (AvgIpc) is 3.32. The van der Waals surface area contributed by atoms with Crippen molar-refractivity contribution in [3.05, 3.63) is 105 Å². The van der Waals surface area contributed by atoms with Crippen LogP contribution in [0.2, 0.25) is 5.02 Å². The smallest absolute Gasteiger partial charge is 0.345 e. The number of nitrogens with zero attached hydrogens (tertiary/aromatic N) is 1. The number of carbonyl (C=O) groups excluding carboxylic acids is 1. The van der Waals surface area contributed by atoms with Gasteiger partial charge >= 0.3 is 5.63 Å². The third-order valence-electron chi connectivity index (χ3n) is 5.18. The highest BCUT2D eigenvalue weighted by Gasteiger charge is 2.20. The summed E-state index contributed by atoms with van der Waals surface area (Å²) in [5.41, 5.74) is 0.730. The van der Waals surface area contributed by atoms with Crippen molar-refractivity contribution in [2.45, 2.75) is 4.90 Å². The Kier molecular flexibility index (Phi) is 6.31. The van der Waals surface area contributed by atoms with Crippen molar-refractivity contribution >= 4 is 60.7 Å². The summed E-state index contributed by atoms with van der Waals surface area (Å²) in [6.07, 6.45) is 0. The zero-order valence-electron chi connectivity index (χ0n) is 18.3. The molecule has 2 aromatic heterocycles. The molecule has 5 aromatic rings. The van der Waals surface area contributed by atoms with Crippen molar-refractivity contribution in [2.75, 3.05) is 10.0 Å². The van der Waals surface area contributed by atoms with Crippen LogP contribution in [0.15, 0.2) is 98.4 Å². The molecule has 2 N–H and O–H groups in total. The highest BCUT2D eigenvalue weighted by atomic mass is 35.5. The number of thiazole rings is 1. The summed E-state index contributed by atoms with van der Waals surface area (Å²) in [6, 6.07) is 20.7. The first-order valence-corrected chi connectivity index (χ1v) is 13.2. The normalized spacial score (nSPS) is 11.4. The first-order valence-electron chi connectivity index (χ1n) is 10.5. The molecule has 36 heavy (non-hydrogen) atoms. The minimum Gasteiger partial charge on any atom is -0.422 e. The van der Waals surface area contributed by atoms with Crippen LogP contribution in [-0.2, 0) is 10.0 Å². The number of anilines is 2. The Bertz CT molecular complexity index is 1760. The van der Waals surface area contributed by atoms with E-state index < -0.39 is 21.6 Å². The van der Waals surface area contributed by atoms with Gasteiger partial charge in [-0.15, -0.1) is 11.3 Å². The van der Waals surface area contributed by atoms with E-state index in [0.29, 0.717) is 16.3 Å². The molecule has 0 aliphatic rings. The molecule has 0 saturated carbocycles. The van der Waals surface area contributed by atoms with E-state index in [-0.39, 0.29) is 26.8 Å². The van der Waals surface area contributed by atoms with Crippen LogP contribution in [0.3, 0.4) is 0 Å². The van der Waals surface area contributed by atoms with Gasteiger partial charge in [-0.2, -0.15) is 0 Å². The molecule has 0 fully saturated rings. The average molecular weight is 538 g/mol. The zero-order chi connectivity index (χ0) is 25.3. The number of nitrogens with one attached hydrogen (secondary N) is 2. The van der Waals surface area contributed by atoms with Gasteiger partial charge in [0.2, 0.25) is 0 Å². The first-order chi connectivity index (χ1) is 17.3. The maximum Gasteiger partial charge on any atom is 0.345 e. The maximum atomic E-state index is 13.0. The van der Waals surface area contributed by atoms with Gasteiger partial charge in [0.15, 0.2) is 5.13 Å². The fraction of sp³-hybridized carbons (Fsp3) is 0. The molecule has 0 spiro atoms. The molecule has 3 aromatic carbocycles.